The maximum Gasteiger partial charge on any atom is 0.169 e. The number of aliphatic hydroxyl groups excluding tert-OH is 2. The van der Waals surface area contributed by atoms with Crippen LogP contribution in [0.25, 0.3) is 11.0 Å². The van der Waals surface area contributed by atoms with E-state index in [0.29, 0.717) is 11.0 Å². The molecule has 0 aromatic carbocycles. The summed E-state index contributed by atoms with van der Waals surface area (Å²) in [6.45, 7) is -1.79. The van der Waals surface area contributed by atoms with Gasteiger partial charge in [0.1, 0.15) is 36.7 Å². The van der Waals surface area contributed by atoms with Gasteiger partial charge in [0, 0.05) is 6.20 Å². The third-order valence-electron chi connectivity index (χ3n) is 3.78. The van der Waals surface area contributed by atoms with Gasteiger partial charge < -0.3 is 30.4 Å². The first-order valence-electron chi connectivity index (χ1n) is 6.32. The Morgan fingerprint density at radius 1 is 1.48 bits per heavy atom. The van der Waals surface area contributed by atoms with Gasteiger partial charge in [0.25, 0.3) is 0 Å². The van der Waals surface area contributed by atoms with Crippen LogP contribution in [0.1, 0.15) is 6.23 Å². The summed E-state index contributed by atoms with van der Waals surface area (Å²) >= 11 is 0. The van der Waals surface area contributed by atoms with Crippen molar-refractivity contribution in [2.24, 2.45) is 0 Å². The Hall–Kier alpha value is -1.81. The second kappa shape index (κ2) is 4.88. The number of fused-ring (bicyclic) bond motifs is 1. The molecular weight excluding hydrogens is 283 g/mol. The van der Waals surface area contributed by atoms with Crippen molar-refractivity contribution >= 4 is 16.9 Å². The van der Waals surface area contributed by atoms with Gasteiger partial charge in [-0.1, -0.05) is 0 Å². The molecule has 4 atom stereocenters. The third-order valence-corrected chi connectivity index (χ3v) is 3.78. The lowest BCUT2D eigenvalue weighted by atomic mass is 9.95. The fourth-order valence-electron chi connectivity index (χ4n) is 2.60. The Balaban J connectivity index is 2.11. The Bertz CT molecular complexity index is 666. The summed E-state index contributed by atoms with van der Waals surface area (Å²) < 4.78 is 20.1. The van der Waals surface area contributed by atoms with Crippen molar-refractivity contribution in [3.63, 3.8) is 0 Å². The summed E-state index contributed by atoms with van der Waals surface area (Å²) in [6.07, 6.45) is -1.15. The molecule has 2 aromatic heterocycles. The van der Waals surface area contributed by atoms with E-state index in [1.807, 2.05) is 0 Å². The molecule has 114 valence electrons. The normalized spacial score (nSPS) is 32.9. The number of nitrogen functional groups attached to an aromatic ring is 1. The maximum absolute atomic E-state index is 13.3. The standard InChI is InChI=1S/C12H15FN4O4/c13-4-12(20)8(19)7(3-18)21-11(12)17-2-1-6-9(14)15-5-16-10(6)17/h1-2,5,7-8,11,18-20H,3-4H2,(H2,14,15,16)/t7-,8-,11-,12-/m1/s1. The van der Waals surface area contributed by atoms with Crippen molar-refractivity contribution in [3.05, 3.63) is 18.6 Å². The van der Waals surface area contributed by atoms with Crippen LogP contribution < -0.4 is 5.73 Å². The van der Waals surface area contributed by atoms with E-state index < -0.39 is 37.3 Å². The molecule has 0 aliphatic carbocycles. The quantitative estimate of drug-likeness (QED) is 0.570. The van der Waals surface area contributed by atoms with E-state index in [-0.39, 0.29) is 5.82 Å². The van der Waals surface area contributed by atoms with Gasteiger partial charge in [-0.2, -0.15) is 0 Å². The number of alkyl halides is 1. The van der Waals surface area contributed by atoms with Gasteiger partial charge in [-0.25, -0.2) is 14.4 Å². The second-order valence-corrected chi connectivity index (χ2v) is 5.00. The number of anilines is 1. The van der Waals surface area contributed by atoms with Crippen molar-refractivity contribution in [2.75, 3.05) is 19.0 Å². The van der Waals surface area contributed by atoms with E-state index in [2.05, 4.69) is 9.97 Å². The fourth-order valence-corrected chi connectivity index (χ4v) is 2.60. The molecular formula is C12H15FN4O4. The molecule has 1 saturated heterocycles. The highest BCUT2D eigenvalue weighted by Crippen LogP contribution is 2.40. The van der Waals surface area contributed by atoms with Crippen LogP contribution in [0, 0.1) is 0 Å². The van der Waals surface area contributed by atoms with Gasteiger partial charge >= 0.3 is 0 Å². The highest BCUT2D eigenvalue weighted by Gasteiger charge is 2.56. The average molecular weight is 298 g/mol. The number of aromatic nitrogens is 3. The van der Waals surface area contributed by atoms with E-state index in [9.17, 15) is 14.6 Å². The number of rotatable bonds is 3. The molecule has 0 spiro atoms. The molecule has 21 heavy (non-hydrogen) atoms. The minimum absolute atomic E-state index is 0.236. The van der Waals surface area contributed by atoms with E-state index >= 15 is 0 Å². The van der Waals surface area contributed by atoms with Crippen LogP contribution in [0.4, 0.5) is 10.2 Å². The Morgan fingerprint density at radius 2 is 2.24 bits per heavy atom. The first-order valence-corrected chi connectivity index (χ1v) is 6.32. The third kappa shape index (κ3) is 1.89. The number of aliphatic hydroxyl groups is 3. The number of nitrogens with two attached hydrogens (primary N) is 1. The molecule has 3 heterocycles. The zero-order chi connectivity index (χ0) is 15.2. The van der Waals surface area contributed by atoms with Gasteiger partial charge in [0.2, 0.25) is 0 Å². The molecule has 0 bridgehead atoms. The van der Waals surface area contributed by atoms with Crippen molar-refractivity contribution in [1.29, 1.82) is 0 Å². The van der Waals surface area contributed by atoms with Crippen molar-refractivity contribution < 1.29 is 24.4 Å². The van der Waals surface area contributed by atoms with E-state index in [4.69, 9.17) is 15.6 Å². The molecule has 1 aliphatic heterocycles. The lowest BCUT2D eigenvalue weighted by Crippen LogP contribution is -2.48. The monoisotopic (exact) mass is 298 g/mol. The lowest BCUT2D eigenvalue weighted by Gasteiger charge is -2.28. The molecule has 2 aromatic rings. The SMILES string of the molecule is Nc1ncnc2c1ccn2[C@@H]1O[C@H](CO)[C@@H](O)[C@]1(O)CF. The van der Waals surface area contributed by atoms with Crippen LogP contribution >= 0.6 is 0 Å². The minimum atomic E-state index is -2.18. The zero-order valence-corrected chi connectivity index (χ0v) is 10.9. The molecule has 0 amide bonds. The first-order chi connectivity index (χ1) is 10.0. The van der Waals surface area contributed by atoms with Crippen LogP contribution in [0.2, 0.25) is 0 Å². The Labute approximate surface area is 118 Å². The molecule has 0 unspecified atom stereocenters. The molecule has 1 fully saturated rings. The summed E-state index contributed by atoms with van der Waals surface area (Å²) in [5.41, 5.74) is 3.87. The Kier molecular flexibility index (Phi) is 3.29. The van der Waals surface area contributed by atoms with Crippen LogP contribution in [0.15, 0.2) is 18.6 Å². The molecule has 0 radical (unpaired) electrons. The molecule has 8 nitrogen and oxygen atoms in total. The van der Waals surface area contributed by atoms with Crippen molar-refractivity contribution in [2.45, 2.75) is 24.0 Å². The van der Waals surface area contributed by atoms with E-state index in [0.717, 1.165) is 0 Å². The maximum atomic E-state index is 13.3. The van der Waals surface area contributed by atoms with Crippen molar-refractivity contribution in [1.82, 2.24) is 14.5 Å². The van der Waals surface area contributed by atoms with Crippen LogP contribution in [0.5, 0.6) is 0 Å². The number of nitrogens with zero attached hydrogens (tertiary/aromatic N) is 3. The molecule has 3 rings (SSSR count). The number of hydrogen-bond donors (Lipinski definition) is 4. The highest BCUT2D eigenvalue weighted by molar-refractivity contribution is 5.86. The number of halogens is 1. The predicted molar refractivity (Wildman–Crippen MR) is 69.9 cm³/mol. The second-order valence-electron chi connectivity index (χ2n) is 5.00. The van der Waals surface area contributed by atoms with Crippen LogP contribution in [-0.4, -0.2) is 60.9 Å². The van der Waals surface area contributed by atoms with Crippen molar-refractivity contribution in [3.8, 4) is 0 Å². The largest absolute Gasteiger partial charge is 0.394 e. The van der Waals surface area contributed by atoms with Crippen LogP contribution in [0.3, 0.4) is 0 Å². The first kappa shape index (κ1) is 14.1. The smallest absolute Gasteiger partial charge is 0.169 e. The zero-order valence-electron chi connectivity index (χ0n) is 10.9. The summed E-state index contributed by atoms with van der Waals surface area (Å²) in [4.78, 5) is 7.87. The predicted octanol–water partition coefficient (Wildman–Crippen LogP) is -1.04. The Morgan fingerprint density at radius 3 is 2.90 bits per heavy atom. The molecule has 0 saturated carbocycles. The average Bonchev–Trinajstić information content (AvgIpc) is 3.01. The van der Waals surface area contributed by atoms with Gasteiger partial charge in [-0.05, 0) is 6.07 Å². The molecule has 9 heteroatoms. The fraction of sp³-hybridized carbons (Fsp3) is 0.500. The van der Waals surface area contributed by atoms with Gasteiger partial charge in [-0.15, -0.1) is 0 Å². The summed E-state index contributed by atoms with van der Waals surface area (Å²) in [5.74, 6) is 0.236. The van der Waals surface area contributed by atoms with Gasteiger partial charge in [0.05, 0.1) is 12.0 Å². The molecule has 1 aliphatic rings. The van der Waals surface area contributed by atoms with E-state index in [1.165, 1.54) is 17.1 Å². The summed E-state index contributed by atoms with van der Waals surface area (Å²) in [5, 5.41) is 30.0. The summed E-state index contributed by atoms with van der Waals surface area (Å²) in [7, 11) is 0. The number of hydrogen-bond acceptors (Lipinski definition) is 7. The van der Waals surface area contributed by atoms with Gasteiger partial charge in [0.15, 0.2) is 11.8 Å². The highest BCUT2D eigenvalue weighted by atomic mass is 19.1. The molecule has 5 N–H and O–H groups in total. The topological polar surface area (TPSA) is 127 Å². The summed E-state index contributed by atoms with van der Waals surface area (Å²) in [6, 6.07) is 1.60. The van der Waals surface area contributed by atoms with E-state index in [1.54, 1.807) is 6.07 Å². The van der Waals surface area contributed by atoms with Gasteiger partial charge in [-0.3, -0.25) is 0 Å². The van der Waals surface area contributed by atoms with Crippen LogP contribution in [-0.2, 0) is 4.74 Å². The lowest BCUT2D eigenvalue weighted by molar-refractivity contribution is -0.118. The minimum Gasteiger partial charge on any atom is -0.394 e. The number of ether oxygens (including phenoxy) is 1.